The van der Waals surface area contributed by atoms with Crippen LogP contribution in [0.4, 0.5) is 0 Å². The number of benzene rings is 1. The van der Waals surface area contributed by atoms with Crippen LogP contribution in [0.3, 0.4) is 0 Å². The average molecular weight is 287 g/mol. The minimum absolute atomic E-state index is 0.361. The van der Waals surface area contributed by atoms with Crippen molar-refractivity contribution >= 4 is 11.9 Å². The van der Waals surface area contributed by atoms with Gasteiger partial charge >= 0.3 is 5.97 Å². The topological polar surface area (TPSA) is 87.2 Å². The third kappa shape index (κ3) is 2.94. The summed E-state index contributed by atoms with van der Waals surface area (Å²) in [6.45, 7) is 3.48. The molecule has 0 spiro atoms. The van der Waals surface area contributed by atoms with Gasteiger partial charge in [-0.25, -0.2) is 4.79 Å². The number of carbonyl (C=O) groups excluding carboxylic acids is 2. The molecular weight excluding hydrogens is 270 g/mol. The van der Waals surface area contributed by atoms with Gasteiger partial charge in [-0.15, -0.1) is 0 Å². The average Bonchev–Trinajstić information content (AvgIpc) is 2.70. The summed E-state index contributed by atoms with van der Waals surface area (Å²) in [6.07, 6.45) is -1.11. The highest BCUT2D eigenvalue weighted by molar-refractivity contribution is 5.94. The molecule has 0 aliphatic heterocycles. The van der Waals surface area contributed by atoms with Gasteiger partial charge in [0.2, 0.25) is 6.10 Å². The molecule has 0 radical (unpaired) electrons. The van der Waals surface area contributed by atoms with Gasteiger partial charge in [0.15, 0.2) is 0 Å². The van der Waals surface area contributed by atoms with Gasteiger partial charge in [0.05, 0.1) is 5.69 Å². The van der Waals surface area contributed by atoms with E-state index >= 15 is 0 Å². The second-order valence-corrected chi connectivity index (χ2v) is 4.77. The fourth-order valence-corrected chi connectivity index (χ4v) is 2.15. The smallest absolute Gasteiger partial charge is 0.343 e. The molecule has 0 bridgehead atoms. The molecule has 2 N–H and O–H groups in total. The number of hydrogen-bond acceptors (Lipinski definition) is 4. The SMILES string of the molecule is Cc1nn(C)c(C)c1C(=O)OC(C(N)=O)c1ccccc1. The van der Waals surface area contributed by atoms with Gasteiger partial charge < -0.3 is 10.5 Å². The molecule has 1 unspecified atom stereocenters. The molecule has 110 valence electrons. The van der Waals surface area contributed by atoms with Crippen LogP contribution >= 0.6 is 0 Å². The van der Waals surface area contributed by atoms with Crippen LogP contribution in [0.1, 0.15) is 33.4 Å². The Balaban J connectivity index is 2.30. The third-order valence-electron chi connectivity index (χ3n) is 3.30. The number of esters is 1. The molecule has 1 heterocycles. The van der Waals surface area contributed by atoms with E-state index in [0.717, 1.165) is 0 Å². The minimum atomic E-state index is -1.11. The number of hydrogen-bond donors (Lipinski definition) is 1. The number of ether oxygens (including phenoxy) is 1. The zero-order valence-corrected chi connectivity index (χ0v) is 12.2. The second kappa shape index (κ2) is 5.78. The second-order valence-electron chi connectivity index (χ2n) is 4.77. The highest BCUT2D eigenvalue weighted by Gasteiger charge is 2.26. The molecule has 21 heavy (non-hydrogen) atoms. The lowest BCUT2D eigenvalue weighted by Crippen LogP contribution is -2.26. The maximum absolute atomic E-state index is 12.3. The summed E-state index contributed by atoms with van der Waals surface area (Å²) in [6, 6.07) is 8.68. The highest BCUT2D eigenvalue weighted by Crippen LogP contribution is 2.21. The predicted octanol–water partition coefficient (Wildman–Crippen LogP) is 1.42. The van der Waals surface area contributed by atoms with E-state index in [1.807, 2.05) is 0 Å². The van der Waals surface area contributed by atoms with Crippen molar-refractivity contribution in [3.05, 3.63) is 52.8 Å². The molecule has 0 aliphatic rings. The lowest BCUT2D eigenvalue weighted by atomic mass is 10.1. The molecule has 1 amide bonds. The van der Waals surface area contributed by atoms with Crippen LogP contribution in [0.5, 0.6) is 0 Å². The van der Waals surface area contributed by atoms with Crippen LogP contribution in [0.2, 0.25) is 0 Å². The van der Waals surface area contributed by atoms with Gasteiger partial charge in [-0.2, -0.15) is 5.10 Å². The van der Waals surface area contributed by atoms with E-state index in [-0.39, 0.29) is 0 Å². The van der Waals surface area contributed by atoms with Crippen molar-refractivity contribution in [3.8, 4) is 0 Å². The zero-order chi connectivity index (χ0) is 15.6. The standard InChI is InChI=1S/C15H17N3O3/c1-9-12(10(2)18(3)17-9)15(20)21-13(14(16)19)11-7-5-4-6-8-11/h4-8,13H,1-3H3,(H2,16,19). The largest absolute Gasteiger partial charge is 0.444 e. The molecule has 0 saturated carbocycles. The summed E-state index contributed by atoms with van der Waals surface area (Å²) in [4.78, 5) is 23.9. The molecule has 2 rings (SSSR count). The highest BCUT2D eigenvalue weighted by atomic mass is 16.5. The Morgan fingerprint density at radius 1 is 1.24 bits per heavy atom. The number of amides is 1. The number of primary amides is 1. The predicted molar refractivity (Wildman–Crippen MR) is 76.5 cm³/mol. The number of aryl methyl sites for hydroxylation is 2. The van der Waals surface area contributed by atoms with E-state index in [1.165, 1.54) is 0 Å². The normalized spacial score (nSPS) is 12.0. The lowest BCUT2D eigenvalue weighted by Gasteiger charge is -2.15. The Hall–Kier alpha value is -2.63. The van der Waals surface area contributed by atoms with Crippen molar-refractivity contribution < 1.29 is 14.3 Å². The maximum Gasteiger partial charge on any atom is 0.343 e. The molecule has 0 saturated heterocycles. The van der Waals surface area contributed by atoms with E-state index < -0.39 is 18.0 Å². The third-order valence-corrected chi connectivity index (χ3v) is 3.30. The van der Waals surface area contributed by atoms with Crippen molar-refractivity contribution in [2.45, 2.75) is 20.0 Å². The molecule has 6 heteroatoms. The number of aromatic nitrogens is 2. The molecule has 2 aromatic rings. The summed E-state index contributed by atoms with van der Waals surface area (Å²) in [5, 5.41) is 4.16. The van der Waals surface area contributed by atoms with Crippen LogP contribution in [-0.4, -0.2) is 21.7 Å². The first-order valence-electron chi connectivity index (χ1n) is 6.47. The molecule has 6 nitrogen and oxygen atoms in total. The van der Waals surface area contributed by atoms with Crippen LogP contribution < -0.4 is 5.73 Å². The first-order chi connectivity index (χ1) is 9.91. The molecule has 0 aliphatic carbocycles. The van der Waals surface area contributed by atoms with E-state index in [0.29, 0.717) is 22.5 Å². The Labute approximate surface area is 122 Å². The van der Waals surface area contributed by atoms with Gasteiger partial charge in [-0.05, 0) is 13.8 Å². The molecule has 1 aromatic carbocycles. The van der Waals surface area contributed by atoms with Crippen LogP contribution in [0.25, 0.3) is 0 Å². The summed E-state index contributed by atoms with van der Waals surface area (Å²) in [5.74, 6) is -1.32. The summed E-state index contributed by atoms with van der Waals surface area (Å²) in [7, 11) is 1.74. The Morgan fingerprint density at radius 2 is 1.86 bits per heavy atom. The monoisotopic (exact) mass is 287 g/mol. The van der Waals surface area contributed by atoms with Crippen LogP contribution in [0.15, 0.2) is 30.3 Å². The number of rotatable bonds is 4. The summed E-state index contributed by atoms with van der Waals surface area (Å²) in [5.41, 5.74) is 7.47. The van der Waals surface area contributed by atoms with Crippen molar-refractivity contribution in [2.24, 2.45) is 12.8 Å². The Morgan fingerprint density at radius 3 is 2.33 bits per heavy atom. The molecule has 0 fully saturated rings. The van der Waals surface area contributed by atoms with Crippen molar-refractivity contribution in [2.75, 3.05) is 0 Å². The quantitative estimate of drug-likeness (QED) is 0.861. The zero-order valence-electron chi connectivity index (χ0n) is 12.2. The van der Waals surface area contributed by atoms with Gasteiger partial charge in [-0.3, -0.25) is 9.48 Å². The fourth-order valence-electron chi connectivity index (χ4n) is 2.15. The number of nitrogens with two attached hydrogens (primary N) is 1. The summed E-state index contributed by atoms with van der Waals surface area (Å²) >= 11 is 0. The Bertz CT molecular complexity index is 677. The van der Waals surface area contributed by atoms with Crippen molar-refractivity contribution in [3.63, 3.8) is 0 Å². The first-order valence-corrected chi connectivity index (χ1v) is 6.47. The van der Waals surface area contributed by atoms with E-state index in [2.05, 4.69) is 5.10 Å². The molecule has 1 atom stereocenters. The fraction of sp³-hybridized carbons (Fsp3) is 0.267. The summed E-state index contributed by atoms with van der Waals surface area (Å²) < 4.78 is 6.88. The van der Waals surface area contributed by atoms with Gasteiger partial charge in [-0.1, -0.05) is 30.3 Å². The van der Waals surface area contributed by atoms with E-state index in [9.17, 15) is 9.59 Å². The number of carbonyl (C=O) groups is 2. The van der Waals surface area contributed by atoms with E-state index in [1.54, 1.807) is 55.9 Å². The van der Waals surface area contributed by atoms with Crippen molar-refractivity contribution in [1.29, 1.82) is 0 Å². The van der Waals surface area contributed by atoms with Crippen LogP contribution in [-0.2, 0) is 16.6 Å². The van der Waals surface area contributed by atoms with Crippen molar-refractivity contribution in [1.82, 2.24) is 9.78 Å². The van der Waals surface area contributed by atoms with Gasteiger partial charge in [0, 0.05) is 18.3 Å². The molecule has 1 aromatic heterocycles. The maximum atomic E-state index is 12.3. The first kappa shape index (κ1) is 14.8. The van der Waals surface area contributed by atoms with E-state index in [4.69, 9.17) is 10.5 Å². The van der Waals surface area contributed by atoms with Gasteiger partial charge in [0.1, 0.15) is 5.56 Å². The minimum Gasteiger partial charge on any atom is -0.444 e. The van der Waals surface area contributed by atoms with Crippen LogP contribution in [0, 0.1) is 13.8 Å². The molecular formula is C15H17N3O3. The lowest BCUT2D eigenvalue weighted by molar-refractivity contribution is -0.127. The van der Waals surface area contributed by atoms with Gasteiger partial charge in [0.25, 0.3) is 5.91 Å². The number of nitrogens with zero attached hydrogens (tertiary/aromatic N) is 2. The Kier molecular flexibility index (Phi) is 4.07.